The van der Waals surface area contributed by atoms with E-state index in [0.29, 0.717) is 13.0 Å². The van der Waals surface area contributed by atoms with Crippen molar-refractivity contribution in [2.24, 2.45) is 0 Å². The van der Waals surface area contributed by atoms with Crippen LogP contribution in [0.3, 0.4) is 0 Å². The van der Waals surface area contributed by atoms with Crippen molar-refractivity contribution >= 4 is 17.5 Å². The number of carbonyl (C=O) groups is 1. The predicted octanol–water partition coefficient (Wildman–Crippen LogP) is 3.60. The van der Waals surface area contributed by atoms with Crippen molar-refractivity contribution in [3.63, 3.8) is 0 Å². The average molecular weight is 294 g/mol. The van der Waals surface area contributed by atoms with E-state index in [-0.39, 0.29) is 16.8 Å². The SMILES string of the molecule is CCC#CC(=O)N1CCCC(c2ccc(F)c(Cl)c2)C1. The Bertz CT molecular complexity index is 561. The molecule has 1 amide bonds. The first kappa shape index (κ1) is 14.9. The zero-order valence-corrected chi connectivity index (χ0v) is 12.2. The van der Waals surface area contributed by atoms with Gasteiger partial charge in [0.25, 0.3) is 5.91 Å². The molecule has 0 aromatic heterocycles. The van der Waals surface area contributed by atoms with E-state index in [1.54, 1.807) is 17.0 Å². The van der Waals surface area contributed by atoms with Crippen LogP contribution in [0.5, 0.6) is 0 Å². The molecule has 0 N–H and O–H groups in total. The first-order chi connectivity index (χ1) is 9.61. The van der Waals surface area contributed by atoms with Gasteiger partial charge < -0.3 is 4.90 Å². The number of hydrogen-bond acceptors (Lipinski definition) is 1. The van der Waals surface area contributed by atoms with Crippen molar-refractivity contribution in [3.8, 4) is 11.8 Å². The number of rotatable bonds is 1. The maximum atomic E-state index is 13.2. The number of hydrogen-bond donors (Lipinski definition) is 0. The van der Waals surface area contributed by atoms with Crippen LogP contribution in [0.4, 0.5) is 4.39 Å². The molecule has 0 saturated carbocycles. The molecule has 1 heterocycles. The van der Waals surface area contributed by atoms with Gasteiger partial charge in [0.15, 0.2) is 0 Å². The Labute approximate surface area is 123 Å². The van der Waals surface area contributed by atoms with Gasteiger partial charge in [0.1, 0.15) is 5.82 Å². The molecule has 0 aliphatic carbocycles. The molecule has 0 radical (unpaired) electrons. The van der Waals surface area contributed by atoms with Crippen molar-refractivity contribution in [2.45, 2.75) is 32.1 Å². The summed E-state index contributed by atoms with van der Waals surface area (Å²) in [6.07, 6.45) is 2.59. The number of amides is 1. The van der Waals surface area contributed by atoms with Crippen molar-refractivity contribution in [2.75, 3.05) is 13.1 Å². The number of halogens is 2. The Balaban J connectivity index is 2.10. The lowest BCUT2D eigenvalue weighted by atomic mass is 9.90. The van der Waals surface area contributed by atoms with Crippen LogP contribution in [0.2, 0.25) is 5.02 Å². The molecule has 1 saturated heterocycles. The van der Waals surface area contributed by atoms with Crippen molar-refractivity contribution in [1.82, 2.24) is 4.90 Å². The van der Waals surface area contributed by atoms with E-state index in [0.717, 1.165) is 24.9 Å². The van der Waals surface area contributed by atoms with Gasteiger partial charge in [-0.25, -0.2) is 4.39 Å². The molecule has 2 nitrogen and oxygen atoms in total. The van der Waals surface area contributed by atoms with E-state index < -0.39 is 5.82 Å². The van der Waals surface area contributed by atoms with E-state index >= 15 is 0 Å². The molecule has 2 rings (SSSR count). The first-order valence-electron chi connectivity index (χ1n) is 6.84. The fourth-order valence-corrected chi connectivity index (χ4v) is 2.63. The molecule has 4 heteroatoms. The summed E-state index contributed by atoms with van der Waals surface area (Å²) in [5.41, 5.74) is 0.984. The minimum absolute atomic E-state index is 0.121. The van der Waals surface area contributed by atoms with Gasteiger partial charge in [-0.05, 0) is 36.5 Å². The second-order valence-corrected chi connectivity index (χ2v) is 5.33. The molecule has 1 aromatic carbocycles. The highest BCUT2D eigenvalue weighted by Crippen LogP contribution is 2.29. The number of nitrogens with zero attached hydrogens (tertiary/aromatic N) is 1. The van der Waals surface area contributed by atoms with E-state index in [1.165, 1.54) is 6.07 Å². The summed E-state index contributed by atoms with van der Waals surface area (Å²) in [6, 6.07) is 4.79. The molecular weight excluding hydrogens is 277 g/mol. The maximum Gasteiger partial charge on any atom is 0.298 e. The van der Waals surface area contributed by atoms with Crippen LogP contribution in [0.1, 0.15) is 37.7 Å². The molecular formula is C16H17ClFNO. The fraction of sp³-hybridized carbons (Fsp3) is 0.438. The lowest BCUT2D eigenvalue weighted by Gasteiger charge is -2.31. The molecule has 1 aliphatic heterocycles. The van der Waals surface area contributed by atoms with Gasteiger partial charge in [0.05, 0.1) is 5.02 Å². The zero-order valence-electron chi connectivity index (χ0n) is 11.5. The van der Waals surface area contributed by atoms with Gasteiger partial charge >= 0.3 is 0 Å². The highest BCUT2D eigenvalue weighted by Gasteiger charge is 2.24. The van der Waals surface area contributed by atoms with Crippen LogP contribution in [-0.4, -0.2) is 23.9 Å². The Morgan fingerprint density at radius 2 is 2.35 bits per heavy atom. The van der Waals surface area contributed by atoms with Gasteiger partial charge in [-0.15, -0.1) is 0 Å². The third-order valence-corrected chi connectivity index (χ3v) is 3.79. The highest BCUT2D eigenvalue weighted by molar-refractivity contribution is 6.30. The number of benzene rings is 1. The van der Waals surface area contributed by atoms with Crippen molar-refractivity contribution < 1.29 is 9.18 Å². The Kier molecular flexibility index (Phi) is 5.03. The highest BCUT2D eigenvalue weighted by atomic mass is 35.5. The summed E-state index contributed by atoms with van der Waals surface area (Å²) in [4.78, 5) is 13.7. The number of piperidine rings is 1. The second-order valence-electron chi connectivity index (χ2n) is 4.92. The molecule has 1 unspecified atom stereocenters. The van der Waals surface area contributed by atoms with E-state index in [1.807, 2.05) is 6.92 Å². The number of carbonyl (C=O) groups excluding carboxylic acids is 1. The van der Waals surface area contributed by atoms with E-state index in [4.69, 9.17) is 11.6 Å². The molecule has 0 bridgehead atoms. The minimum atomic E-state index is -0.409. The molecule has 1 aromatic rings. The van der Waals surface area contributed by atoms with Crippen molar-refractivity contribution in [1.29, 1.82) is 0 Å². The topological polar surface area (TPSA) is 20.3 Å². The third kappa shape index (κ3) is 3.52. The first-order valence-corrected chi connectivity index (χ1v) is 7.22. The predicted molar refractivity (Wildman–Crippen MR) is 78.0 cm³/mol. The molecule has 0 spiro atoms. The lowest BCUT2D eigenvalue weighted by molar-refractivity contribution is -0.126. The van der Waals surface area contributed by atoms with Gasteiger partial charge in [-0.3, -0.25) is 4.79 Å². The molecule has 1 fully saturated rings. The quantitative estimate of drug-likeness (QED) is 0.725. The van der Waals surface area contributed by atoms with Gasteiger partial charge in [-0.2, -0.15) is 0 Å². The standard InChI is InChI=1S/C16H17ClFNO/c1-2-3-6-16(20)19-9-4-5-13(11-19)12-7-8-15(18)14(17)10-12/h7-8,10,13H,2,4-5,9,11H2,1H3. The third-order valence-electron chi connectivity index (χ3n) is 3.50. The smallest absolute Gasteiger partial charge is 0.298 e. The van der Waals surface area contributed by atoms with E-state index in [9.17, 15) is 9.18 Å². The monoisotopic (exact) mass is 293 g/mol. The molecule has 106 valence electrons. The van der Waals surface area contributed by atoms with Gasteiger partial charge in [-0.1, -0.05) is 30.5 Å². The van der Waals surface area contributed by atoms with Crippen LogP contribution < -0.4 is 0 Å². The maximum absolute atomic E-state index is 13.2. The summed E-state index contributed by atoms with van der Waals surface area (Å²) in [7, 11) is 0. The molecule has 1 atom stereocenters. The van der Waals surface area contributed by atoms with Crippen LogP contribution in [0.15, 0.2) is 18.2 Å². The molecule has 20 heavy (non-hydrogen) atoms. The largest absolute Gasteiger partial charge is 0.331 e. The van der Waals surface area contributed by atoms with E-state index in [2.05, 4.69) is 11.8 Å². The van der Waals surface area contributed by atoms with Crippen molar-refractivity contribution in [3.05, 3.63) is 34.6 Å². The minimum Gasteiger partial charge on any atom is -0.331 e. The summed E-state index contributed by atoms with van der Waals surface area (Å²) >= 11 is 5.82. The van der Waals surface area contributed by atoms with Crippen LogP contribution in [0.25, 0.3) is 0 Å². The van der Waals surface area contributed by atoms with Gasteiger partial charge in [0, 0.05) is 25.4 Å². The Morgan fingerprint density at radius 1 is 1.55 bits per heavy atom. The van der Waals surface area contributed by atoms with Gasteiger partial charge in [0.2, 0.25) is 0 Å². The lowest BCUT2D eigenvalue weighted by Crippen LogP contribution is -2.38. The normalized spacial score (nSPS) is 18.4. The Morgan fingerprint density at radius 3 is 3.05 bits per heavy atom. The fourth-order valence-electron chi connectivity index (χ4n) is 2.44. The van der Waals surface area contributed by atoms with Crippen LogP contribution in [-0.2, 0) is 4.79 Å². The zero-order chi connectivity index (χ0) is 14.5. The van der Waals surface area contributed by atoms with Crippen LogP contribution >= 0.6 is 11.6 Å². The summed E-state index contributed by atoms with van der Waals surface area (Å²) in [5.74, 6) is 5.12. The van der Waals surface area contributed by atoms with Crippen LogP contribution in [0, 0.1) is 17.7 Å². The Hall–Kier alpha value is -1.53. The summed E-state index contributed by atoms with van der Waals surface area (Å²) in [5, 5.41) is 0.136. The summed E-state index contributed by atoms with van der Waals surface area (Å²) < 4.78 is 13.2. The average Bonchev–Trinajstić information content (AvgIpc) is 2.47. The molecule has 1 aliphatic rings. The number of likely N-dealkylation sites (tertiary alicyclic amines) is 1. The summed E-state index contributed by atoms with van der Waals surface area (Å²) in [6.45, 7) is 3.28. The second kappa shape index (κ2) is 6.76.